The maximum atomic E-state index is 12.3. The van der Waals surface area contributed by atoms with Gasteiger partial charge in [-0.1, -0.05) is 53.9 Å². The van der Waals surface area contributed by atoms with Crippen LogP contribution in [0.25, 0.3) is 0 Å². The molecule has 4 aliphatic carbocycles. The van der Waals surface area contributed by atoms with Crippen LogP contribution >= 0.6 is 0 Å². The summed E-state index contributed by atoms with van der Waals surface area (Å²) in [7, 11) is 0. The Kier molecular flexibility index (Phi) is 7.24. The van der Waals surface area contributed by atoms with Crippen molar-refractivity contribution in [1.82, 2.24) is 0 Å². The first kappa shape index (κ1) is 25.7. The lowest BCUT2D eigenvalue weighted by Gasteiger charge is -2.58. The molecule has 5 nitrogen and oxygen atoms in total. The van der Waals surface area contributed by atoms with Crippen LogP contribution < -0.4 is 0 Å². The van der Waals surface area contributed by atoms with Gasteiger partial charge in [0.2, 0.25) is 5.70 Å². The van der Waals surface area contributed by atoms with E-state index < -0.39 is 0 Å². The molecule has 0 bridgehead atoms. The third-order valence-electron chi connectivity index (χ3n) is 10.9. The Morgan fingerprint density at radius 2 is 1.79 bits per heavy atom. The standard InChI is InChI=1S/C29H47NO4/c1-18(2)8-7-9-19(3)23-10-11-24-22-17-27(30(32)33)26-16-21(34-20(4)31)12-14-29(26,6)25(22)13-15-28(23,24)5/h18-19,21-25H,7-17H2,1-6H3/t19-,21+,22-,23+,24+,25-,28-,29-/m1/s1. The average molecular weight is 474 g/mol. The molecule has 0 amide bonds. The third-order valence-corrected chi connectivity index (χ3v) is 10.9. The minimum absolute atomic E-state index is 0.0904. The molecular formula is C29H47NO4. The smallest absolute Gasteiger partial charge is 0.302 e. The summed E-state index contributed by atoms with van der Waals surface area (Å²) in [4.78, 5) is 23.8. The van der Waals surface area contributed by atoms with Crippen molar-refractivity contribution in [3.8, 4) is 0 Å². The van der Waals surface area contributed by atoms with Crippen LogP contribution in [0.2, 0.25) is 0 Å². The Balaban J connectivity index is 1.58. The van der Waals surface area contributed by atoms with Crippen LogP contribution in [0.1, 0.15) is 112 Å². The summed E-state index contributed by atoms with van der Waals surface area (Å²) in [5.74, 6) is 3.53. The maximum Gasteiger partial charge on any atom is 0.302 e. The summed E-state index contributed by atoms with van der Waals surface area (Å²) in [6, 6.07) is 0. The van der Waals surface area contributed by atoms with Gasteiger partial charge in [0.05, 0.1) is 4.92 Å². The molecule has 0 N–H and O–H groups in total. The fourth-order valence-corrected chi connectivity index (χ4v) is 9.29. The largest absolute Gasteiger partial charge is 0.462 e. The number of hydrogen-bond acceptors (Lipinski definition) is 4. The molecule has 4 aliphatic rings. The van der Waals surface area contributed by atoms with Gasteiger partial charge < -0.3 is 4.74 Å². The summed E-state index contributed by atoms with van der Waals surface area (Å²) in [6.45, 7) is 13.4. The van der Waals surface area contributed by atoms with E-state index in [9.17, 15) is 14.9 Å². The first-order chi connectivity index (χ1) is 16.0. The Labute approximate surface area is 206 Å². The fraction of sp³-hybridized carbons (Fsp3) is 0.897. The maximum absolute atomic E-state index is 12.3. The van der Waals surface area contributed by atoms with Gasteiger partial charge in [0.25, 0.3) is 0 Å². The summed E-state index contributed by atoms with van der Waals surface area (Å²) in [5.41, 5.74) is 1.66. The molecule has 192 valence electrons. The highest BCUT2D eigenvalue weighted by atomic mass is 16.6. The van der Waals surface area contributed by atoms with E-state index in [-0.39, 0.29) is 22.4 Å². The van der Waals surface area contributed by atoms with Gasteiger partial charge in [-0.2, -0.15) is 0 Å². The number of hydrogen-bond donors (Lipinski definition) is 0. The predicted molar refractivity (Wildman–Crippen MR) is 135 cm³/mol. The van der Waals surface area contributed by atoms with Crippen molar-refractivity contribution < 1.29 is 14.5 Å². The van der Waals surface area contributed by atoms with E-state index in [1.165, 1.54) is 51.9 Å². The first-order valence-corrected chi connectivity index (χ1v) is 14.0. The molecule has 3 fully saturated rings. The zero-order valence-corrected chi connectivity index (χ0v) is 22.4. The second-order valence-electron chi connectivity index (χ2n) is 13.2. The fourth-order valence-electron chi connectivity index (χ4n) is 9.29. The molecule has 34 heavy (non-hydrogen) atoms. The summed E-state index contributed by atoms with van der Waals surface area (Å²) in [6.07, 6.45) is 11.6. The lowest BCUT2D eigenvalue weighted by molar-refractivity contribution is -0.434. The minimum atomic E-state index is -0.279. The number of allylic oxidation sites excluding steroid dienone is 1. The van der Waals surface area contributed by atoms with Crippen molar-refractivity contribution >= 4 is 5.97 Å². The van der Waals surface area contributed by atoms with Crippen molar-refractivity contribution in [3.05, 3.63) is 21.4 Å². The van der Waals surface area contributed by atoms with Gasteiger partial charge in [-0.25, -0.2) is 0 Å². The summed E-state index contributed by atoms with van der Waals surface area (Å²) in [5, 5.41) is 12.3. The van der Waals surface area contributed by atoms with Gasteiger partial charge in [0.15, 0.2) is 0 Å². The van der Waals surface area contributed by atoms with Crippen LogP contribution in [0.3, 0.4) is 0 Å². The minimum Gasteiger partial charge on any atom is -0.462 e. The molecule has 0 aliphatic heterocycles. The third kappa shape index (κ3) is 4.46. The highest BCUT2D eigenvalue weighted by molar-refractivity contribution is 5.66. The monoisotopic (exact) mass is 473 g/mol. The zero-order chi connectivity index (χ0) is 24.8. The number of fused-ring (bicyclic) bond motifs is 5. The van der Waals surface area contributed by atoms with Crippen LogP contribution in [0.15, 0.2) is 11.3 Å². The van der Waals surface area contributed by atoms with E-state index in [1.54, 1.807) is 0 Å². The summed E-state index contributed by atoms with van der Waals surface area (Å²) < 4.78 is 5.53. The number of carbonyl (C=O) groups excluding carboxylic acids is 1. The second-order valence-corrected chi connectivity index (χ2v) is 13.2. The molecular weight excluding hydrogens is 426 g/mol. The summed E-state index contributed by atoms with van der Waals surface area (Å²) >= 11 is 0. The van der Waals surface area contributed by atoms with Crippen molar-refractivity contribution in [1.29, 1.82) is 0 Å². The molecule has 0 aromatic carbocycles. The van der Waals surface area contributed by atoms with E-state index >= 15 is 0 Å². The molecule has 0 unspecified atom stereocenters. The molecule has 5 heteroatoms. The molecule has 0 aromatic heterocycles. The van der Waals surface area contributed by atoms with Crippen LogP contribution in [0.4, 0.5) is 0 Å². The van der Waals surface area contributed by atoms with E-state index in [4.69, 9.17) is 4.74 Å². The normalized spacial score (nSPS) is 40.4. The van der Waals surface area contributed by atoms with Crippen LogP contribution in [0, 0.1) is 56.5 Å². The first-order valence-electron chi connectivity index (χ1n) is 14.0. The van der Waals surface area contributed by atoms with Crippen LogP contribution in [-0.4, -0.2) is 17.0 Å². The molecule has 0 heterocycles. The highest BCUT2D eigenvalue weighted by Gasteiger charge is 2.61. The van der Waals surface area contributed by atoms with Gasteiger partial charge in [0.1, 0.15) is 6.10 Å². The van der Waals surface area contributed by atoms with Gasteiger partial charge in [-0.15, -0.1) is 0 Å². The number of nitrogens with zero attached hydrogens (tertiary/aromatic N) is 1. The Morgan fingerprint density at radius 1 is 1.06 bits per heavy atom. The number of ether oxygens (including phenoxy) is 1. The van der Waals surface area contributed by atoms with E-state index in [1.807, 2.05) is 0 Å². The molecule has 0 radical (unpaired) electrons. The quantitative estimate of drug-likeness (QED) is 0.217. The number of nitro groups is 1. The van der Waals surface area contributed by atoms with Gasteiger partial charge in [-0.3, -0.25) is 14.9 Å². The van der Waals surface area contributed by atoms with Crippen LogP contribution in [-0.2, 0) is 9.53 Å². The van der Waals surface area contributed by atoms with E-state index in [0.717, 1.165) is 36.2 Å². The van der Waals surface area contributed by atoms with Crippen molar-refractivity contribution in [2.75, 3.05) is 0 Å². The molecule has 0 spiro atoms. The Bertz CT molecular complexity index is 834. The number of esters is 1. The Morgan fingerprint density at radius 3 is 2.44 bits per heavy atom. The Hall–Kier alpha value is -1.39. The van der Waals surface area contributed by atoms with Crippen molar-refractivity contribution in [2.45, 2.75) is 118 Å². The predicted octanol–water partition coefficient (Wildman–Crippen LogP) is 7.56. The average Bonchev–Trinajstić information content (AvgIpc) is 3.10. The zero-order valence-electron chi connectivity index (χ0n) is 22.4. The van der Waals surface area contributed by atoms with Crippen LogP contribution in [0.5, 0.6) is 0 Å². The lowest BCUT2D eigenvalue weighted by atomic mass is 9.46. The van der Waals surface area contributed by atoms with Crippen molar-refractivity contribution in [2.24, 2.45) is 46.3 Å². The molecule has 3 saturated carbocycles. The number of rotatable bonds is 7. The SMILES string of the molecule is CC(=O)O[C@H]1CC[C@@]2(C)C(=C([N+](=O)[O-])C[C@H]3[C@H]2CC[C@@]2(C)[C@H]3CC[C@H]2[C@H](C)CCCC(C)C)C1. The second kappa shape index (κ2) is 9.58. The molecule has 0 saturated heterocycles. The van der Waals surface area contributed by atoms with Gasteiger partial charge >= 0.3 is 5.97 Å². The molecule has 8 atom stereocenters. The van der Waals surface area contributed by atoms with Gasteiger partial charge in [-0.05, 0) is 84.9 Å². The topological polar surface area (TPSA) is 69.4 Å². The van der Waals surface area contributed by atoms with E-state index in [2.05, 4.69) is 34.6 Å². The van der Waals surface area contributed by atoms with E-state index in [0.29, 0.717) is 41.7 Å². The lowest BCUT2D eigenvalue weighted by Crippen LogP contribution is -2.52. The number of carbonyl (C=O) groups is 1. The molecule has 0 aromatic rings. The highest BCUT2D eigenvalue weighted by Crippen LogP contribution is 2.68. The molecule has 4 rings (SSSR count). The van der Waals surface area contributed by atoms with Gasteiger partial charge in [0, 0.05) is 25.3 Å². The van der Waals surface area contributed by atoms with Crippen molar-refractivity contribution in [3.63, 3.8) is 0 Å².